The van der Waals surface area contributed by atoms with Crippen LogP contribution in [-0.4, -0.2) is 30.5 Å². The minimum Gasteiger partial charge on any atom is -0.490 e. The van der Waals surface area contributed by atoms with Crippen molar-refractivity contribution in [3.63, 3.8) is 0 Å². The molecule has 0 aliphatic carbocycles. The van der Waals surface area contributed by atoms with Crippen LogP contribution in [0.25, 0.3) is 0 Å². The van der Waals surface area contributed by atoms with Crippen molar-refractivity contribution in [2.45, 2.75) is 19.9 Å². The molecule has 4 N–H and O–H groups in total. The summed E-state index contributed by atoms with van der Waals surface area (Å²) >= 11 is 0. The lowest BCUT2D eigenvalue weighted by Crippen LogP contribution is -2.20. The van der Waals surface area contributed by atoms with E-state index >= 15 is 0 Å². The SMILES string of the molecule is CCOc1ccc(C(Nc2ccc(C=NN)cc2)C(=O)O)cc1OCC. The molecule has 0 saturated carbocycles. The van der Waals surface area contributed by atoms with Gasteiger partial charge >= 0.3 is 5.97 Å². The van der Waals surface area contributed by atoms with Crippen LogP contribution in [0.3, 0.4) is 0 Å². The van der Waals surface area contributed by atoms with Crippen molar-refractivity contribution >= 4 is 17.9 Å². The Morgan fingerprint density at radius 3 is 2.38 bits per heavy atom. The summed E-state index contributed by atoms with van der Waals surface area (Å²) in [4.78, 5) is 11.8. The van der Waals surface area contributed by atoms with Gasteiger partial charge in [-0.05, 0) is 49.2 Å². The van der Waals surface area contributed by atoms with Crippen LogP contribution in [0.15, 0.2) is 47.6 Å². The van der Waals surface area contributed by atoms with Gasteiger partial charge in [-0.25, -0.2) is 4.79 Å². The maximum absolute atomic E-state index is 11.8. The molecule has 1 atom stereocenters. The second kappa shape index (κ2) is 9.31. The van der Waals surface area contributed by atoms with Crippen molar-refractivity contribution in [2.75, 3.05) is 18.5 Å². The van der Waals surface area contributed by atoms with E-state index in [0.29, 0.717) is 36.0 Å². The topological polar surface area (TPSA) is 106 Å². The highest BCUT2D eigenvalue weighted by molar-refractivity contribution is 5.82. The molecule has 26 heavy (non-hydrogen) atoms. The number of carboxylic acids is 1. The fraction of sp³-hybridized carbons (Fsp3) is 0.263. The van der Waals surface area contributed by atoms with Gasteiger partial charge < -0.3 is 25.7 Å². The van der Waals surface area contributed by atoms with E-state index in [1.54, 1.807) is 42.5 Å². The van der Waals surface area contributed by atoms with E-state index in [1.165, 1.54) is 6.21 Å². The third-order valence-electron chi connectivity index (χ3n) is 3.59. The summed E-state index contributed by atoms with van der Waals surface area (Å²) in [5.74, 6) is 5.24. The monoisotopic (exact) mass is 357 g/mol. The van der Waals surface area contributed by atoms with Gasteiger partial charge in [-0.1, -0.05) is 18.2 Å². The molecule has 7 heteroatoms. The zero-order valence-electron chi connectivity index (χ0n) is 14.8. The summed E-state index contributed by atoms with van der Waals surface area (Å²) < 4.78 is 11.1. The lowest BCUT2D eigenvalue weighted by atomic mass is 10.1. The van der Waals surface area contributed by atoms with Crippen molar-refractivity contribution in [3.8, 4) is 11.5 Å². The van der Waals surface area contributed by atoms with E-state index in [4.69, 9.17) is 15.3 Å². The minimum atomic E-state index is -0.996. The number of ether oxygens (including phenoxy) is 2. The third kappa shape index (κ3) is 4.89. The quantitative estimate of drug-likeness (QED) is 0.362. The van der Waals surface area contributed by atoms with Gasteiger partial charge in [-0.15, -0.1) is 0 Å². The molecule has 0 spiro atoms. The van der Waals surface area contributed by atoms with Crippen LogP contribution in [-0.2, 0) is 4.79 Å². The standard InChI is InChI=1S/C19H23N3O4/c1-3-25-16-10-7-14(11-17(16)26-4-2)18(19(23)24)22-15-8-5-13(6-9-15)12-21-20/h5-12,18,22H,3-4,20H2,1-2H3,(H,23,24). The Balaban J connectivity index is 2.28. The highest BCUT2D eigenvalue weighted by Gasteiger charge is 2.21. The van der Waals surface area contributed by atoms with Gasteiger partial charge in [0.05, 0.1) is 19.4 Å². The van der Waals surface area contributed by atoms with Gasteiger partial charge in [0.15, 0.2) is 17.5 Å². The first kappa shape index (κ1) is 19.1. The van der Waals surface area contributed by atoms with Crippen LogP contribution in [0.5, 0.6) is 11.5 Å². The third-order valence-corrected chi connectivity index (χ3v) is 3.59. The maximum Gasteiger partial charge on any atom is 0.330 e. The summed E-state index contributed by atoms with van der Waals surface area (Å²) in [6, 6.07) is 11.3. The fourth-order valence-electron chi connectivity index (χ4n) is 2.45. The zero-order valence-corrected chi connectivity index (χ0v) is 14.8. The maximum atomic E-state index is 11.8. The van der Waals surface area contributed by atoms with Gasteiger partial charge in [0, 0.05) is 5.69 Å². The largest absolute Gasteiger partial charge is 0.490 e. The van der Waals surface area contributed by atoms with Crippen molar-refractivity contribution in [1.29, 1.82) is 0 Å². The number of hydrogen-bond acceptors (Lipinski definition) is 6. The Morgan fingerprint density at radius 2 is 1.81 bits per heavy atom. The lowest BCUT2D eigenvalue weighted by Gasteiger charge is -2.18. The molecule has 7 nitrogen and oxygen atoms in total. The molecule has 0 aliphatic rings. The van der Waals surface area contributed by atoms with Crippen LogP contribution in [0.4, 0.5) is 5.69 Å². The van der Waals surface area contributed by atoms with E-state index in [0.717, 1.165) is 5.56 Å². The summed E-state index contributed by atoms with van der Waals surface area (Å²) in [5.41, 5.74) is 2.06. The molecule has 138 valence electrons. The molecule has 0 saturated heterocycles. The summed E-state index contributed by atoms with van der Waals surface area (Å²) in [7, 11) is 0. The molecule has 0 bridgehead atoms. The fourth-order valence-corrected chi connectivity index (χ4v) is 2.45. The minimum absolute atomic E-state index is 0.457. The number of nitrogens with two attached hydrogens (primary N) is 1. The predicted molar refractivity (Wildman–Crippen MR) is 101 cm³/mol. The smallest absolute Gasteiger partial charge is 0.330 e. The van der Waals surface area contributed by atoms with Gasteiger partial charge in [-0.2, -0.15) is 5.10 Å². The first-order valence-electron chi connectivity index (χ1n) is 8.31. The highest BCUT2D eigenvalue weighted by atomic mass is 16.5. The van der Waals surface area contributed by atoms with E-state index in [-0.39, 0.29) is 0 Å². The molecule has 0 amide bonds. The molecule has 0 aliphatic heterocycles. The number of carbonyl (C=O) groups is 1. The number of benzene rings is 2. The first-order valence-corrected chi connectivity index (χ1v) is 8.31. The van der Waals surface area contributed by atoms with Crippen molar-refractivity contribution in [3.05, 3.63) is 53.6 Å². The molecule has 0 aromatic heterocycles. The Bertz CT molecular complexity index is 760. The van der Waals surface area contributed by atoms with Crippen LogP contribution in [0.1, 0.15) is 31.0 Å². The predicted octanol–water partition coefficient (Wildman–Crippen LogP) is 3.01. The Labute approximate surface area is 152 Å². The zero-order chi connectivity index (χ0) is 18.9. The number of hydrazone groups is 1. The number of carboxylic acid groups (broad SMARTS) is 1. The molecule has 2 aromatic rings. The van der Waals surface area contributed by atoms with Crippen molar-refractivity contribution in [2.24, 2.45) is 10.9 Å². The molecule has 1 unspecified atom stereocenters. The number of hydrogen-bond donors (Lipinski definition) is 3. The van der Waals surface area contributed by atoms with Crippen LogP contribution < -0.4 is 20.6 Å². The molecular weight excluding hydrogens is 334 g/mol. The van der Waals surface area contributed by atoms with Crippen LogP contribution in [0, 0.1) is 0 Å². The summed E-state index contributed by atoms with van der Waals surface area (Å²) in [6.07, 6.45) is 1.51. The van der Waals surface area contributed by atoms with Crippen molar-refractivity contribution < 1.29 is 19.4 Å². The van der Waals surface area contributed by atoms with Crippen LogP contribution >= 0.6 is 0 Å². The van der Waals surface area contributed by atoms with Gasteiger partial charge in [0.1, 0.15) is 0 Å². The Morgan fingerprint density at radius 1 is 1.15 bits per heavy atom. The van der Waals surface area contributed by atoms with E-state index in [9.17, 15) is 9.90 Å². The van der Waals surface area contributed by atoms with Crippen LogP contribution in [0.2, 0.25) is 0 Å². The Kier molecular flexibility index (Phi) is 6.84. The highest BCUT2D eigenvalue weighted by Crippen LogP contribution is 2.32. The van der Waals surface area contributed by atoms with E-state index < -0.39 is 12.0 Å². The van der Waals surface area contributed by atoms with E-state index in [2.05, 4.69) is 10.4 Å². The second-order valence-electron chi connectivity index (χ2n) is 5.39. The lowest BCUT2D eigenvalue weighted by molar-refractivity contribution is -0.138. The first-order chi connectivity index (χ1) is 12.6. The normalized spacial score (nSPS) is 11.9. The number of aliphatic carboxylic acids is 1. The molecule has 0 radical (unpaired) electrons. The van der Waals surface area contributed by atoms with Crippen molar-refractivity contribution in [1.82, 2.24) is 0 Å². The van der Waals surface area contributed by atoms with Gasteiger partial charge in [0.25, 0.3) is 0 Å². The average Bonchev–Trinajstić information content (AvgIpc) is 2.63. The molecule has 2 aromatic carbocycles. The molecule has 2 rings (SSSR count). The average molecular weight is 357 g/mol. The molecule has 0 heterocycles. The van der Waals surface area contributed by atoms with Gasteiger partial charge in [-0.3, -0.25) is 0 Å². The molecule has 0 fully saturated rings. The number of anilines is 1. The van der Waals surface area contributed by atoms with Gasteiger partial charge in [0.2, 0.25) is 0 Å². The summed E-state index contributed by atoms with van der Waals surface area (Å²) in [5, 5.41) is 16.1. The summed E-state index contributed by atoms with van der Waals surface area (Å²) in [6.45, 7) is 4.70. The number of nitrogens with zero attached hydrogens (tertiary/aromatic N) is 1. The number of rotatable bonds is 9. The second-order valence-corrected chi connectivity index (χ2v) is 5.39. The van der Waals surface area contributed by atoms with E-state index in [1.807, 2.05) is 13.8 Å². The molecular formula is C19H23N3O4. The Hall–Kier alpha value is -3.22. The number of nitrogens with one attached hydrogen (secondary N) is 1.